The zero-order valence-corrected chi connectivity index (χ0v) is 11.4. The van der Waals surface area contributed by atoms with Gasteiger partial charge in [0.15, 0.2) is 0 Å². The first-order valence-electron chi connectivity index (χ1n) is 7.27. The van der Waals surface area contributed by atoms with Crippen LogP contribution in [0.4, 0.5) is 5.69 Å². The molecule has 1 unspecified atom stereocenters. The average molecular weight is 247 g/mol. The zero-order valence-electron chi connectivity index (χ0n) is 11.4. The minimum absolute atomic E-state index is 0.374. The Morgan fingerprint density at radius 2 is 1.83 bits per heavy atom. The van der Waals surface area contributed by atoms with Crippen molar-refractivity contribution in [3.63, 3.8) is 0 Å². The van der Waals surface area contributed by atoms with Gasteiger partial charge in [0.2, 0.25) is 0 Å². The Labute approximate surface area is 110 Å². The van der Waals surface area contributed by atoms with Gasteiger partial charge in [0.1, 0.15) is 0 Å². The lowest BCUT2D eigenvalue weighted by molar-refractivity contribution is 0.199. The molecule has 1 saturated carbocycles. The molecule has 0 heterocycles. The van der Waals surface area contributed by atoms with E-state index in [-0.39, 0.29) is 6.10 Å². The van der Waals surface area contributed by atoms with E-state index in [1.54, 1.807) is 6.92 Å². The molecular weight excluding hydrogens is 222 g/mol. The maximum Gasteiger partial charge on any atom is 0.0761 e. The molecule has 1 aliphatic rings. The van der Waals surface area contributed by atoms with E-state index in [1.165, 1.54) is 38.5 Å². The van der Waals surface area contributed by atoms with Crippen molar-refractivity contribution < 1.29 is 5.11 Å². The summed E-state index contributed by atoms with van der Waals surface area (Å²) in [4.78, 5) is 0. The third-order valence-electron chi connectivity index (χ3n) is 4.00. The fraction of sp³-hybridized carbons (Fsp3) is 0.625. The molecule has 1 fully saturated rings. The van der Waals surface area contributed by atoms with Gasteiger partial charge >= 0.3 is 0 Å². The normalized spacial score (nSPS) is 18.6. The molecule has 0 aliphatic heterocycles. The maximum atomic E-state index is 9.44. The molecule has 1 atom stereocenters. The molecular formula is C16H25NO. The molecule has 18 heavy (non-hydrogen) atoms. The van der Waals surface area contributed by atoms with E-state index in [0.717, 1.165) is 23.7 Å². The van der Waals surface area contributed by atoms with E-state index in [4.69, 9.17) is 0 Å². The van der Waals surface area contributed by atoms with Crippen LogP contribution in [0.3, 0.4) is 0 Å². The highest BCUT2D eigenvalue weighted by Crippen LogP contribution is 2.26. The van der Waals surface area contributed by atoms with Gasteiger partial charge in [-0.05, 0) is 37.0 Å². The molecule has 0 spiro atoms. The zero-order chi connectivity index (χ0) is 12.8. The van der Waals surface area contributed by atoms with Crippen molar-refractivity contribution in [3.05, 3.63) is 29.8 Å². The highest BCUT2D eigenvalue weighted by Gasteiger charge is 2.12. The van der Waals surface area contributed by atoms with E-state index in [9.17, 15) is 5.11 Å². The third kappa shape index (κ3) is 4.02. The summed E-state index contributed by atoms with van der Waals surface area (Å²) in [5.74, 6) is 0.933. The summed E-state index contributed by atoms with van der Waals surface area (Å²) in [6, 6.07) is 8.10. The maximum absolute atomic E-state index is 9.44. The molecule has 1 aromatic rings. The molecule has 0 radical (unpaired) electrons. The number of anilines is 1. The summed E-state index contributed by atoms with van der Waals surface area (Å²) >= 11 is 0. The lowest BCUT2D eigenvalue weighted by Crippen LogP contribution is -2.12. The van der Waals surface area contributed by atoms with Crippen LogP contribution < -0.4 is 5.32 Å². The molecule has 0 saturated heterocycles. The fourth-order valence-corrected chi connectivity index (χ4v) is 2.78. The Bertz CT molecular complexity index is 339. The van der Waals surface area contributed by atoms with Crippen molar-refractivity contribution in [2.75, 3.05) is 11.9 Å². The first-order valence-corrected chi connectivity index (χ1v) is 7.27. The van der Waals surface area contributed by atoms with Crippen LogP contribution in [0, 0.1) is 5.92 Å². The lowest BCUT2D eigenvalue weighted by Gasteiger charge is -2.21. The van der Waals surface area contributed by atoms with Gasteiger partial charge in [-0.1, -0.05) is 44.2 Å². The average Bonchev–Trinajstić information content (AvgIpc) is 2.40. The summed E-state index contributed by atoms with van der Waals surface area (Å²) in [6.07, 6.45) is 8.04. The highest BCUT2D eigenvalue weighted by atomic mass is 16.3. The van der Waals surface area contributed by atoms with Crippen LogP contribution in [0.25, 0.3) is 0 Å². The Morgan fingerprint density at radius 3 is 2.44 bits per heavy atom. The second-order valence-electron chi connectivity index (χ2n) is 5.52. The number of aliphatic hydroxyl groups excluding tert-OH is 1. The van der Waals surface area contributed by atoms with Crippen molar-refractivity contribution in [2.24, 2.45) is 5.92 Å². The molecule has 2 heteroatoms. The first kappa shape index (κ1) is 13.4. The van der Waals surface area contributed by atoms with E-state index >= 15 is 0 Å². The van der Waals surface area contributed by atoms with E-state index in [0.29, 0.717) is 0 Å². The summed E-state index contributed by atoms with van der Waals surface area (Å²) < 4.78 is 0. The topological polar surface area (TPSA) is 32.3 Å². The lowest BCUT2D eigenvalue weighted by atomic mass is 9.87. The monoisotopic (exact) mass is 247 g/mol. The molecule has 0 aromatic heterocycles. The second-order valence-corrected chi connectivity index (χ2v) is 5.52. The van der Waals surface area contributed by atoms with Gasteiger partial charge in [0, 0.05) is 12.2 Å². The predicted octanol–water partition coefficient (Wildman–Crippen LogP) is 4.12. The van der Waals surface area contributed by atoms with Crippen LogP contribution in [0.5, 0.6) is 0 Å². The minimum atomic E-state index is -0.374. The Morgan fingerprint density at radius 1 is 1.17 bits per heavy atom. The summed E-state index contributed by atoms with van der Waals surface area (Å²) in [7, 11) is 0. The molecule has 0 bridgehead atoms. The predicted molar refractivity (Wildman–Crippen MR) is 76.8 cm³/mol. The van der Waals surface area contributed by atoms with Crippen LogP contribution in [-0.2, 0) is 0 Å². The number of hydrogen-bond acceptors (Lipinski definition) is 2. The number of aliphatic hydroxyl groups is 1. The second kappa shape index (κ2) is 6.79. The van der Waals surface area contributed by atoms with Crippen molar-refractivity contribution in [1.82, 2.24) is 0 Å². The van der Waals surface area contributed by atoms with Crippen LogP contribution in [0.1, 0.15) is 57.1 Å². The number of nitrogens with one attached hydrogen (secondary N) is 1. The van der Waals surface area contributed by atoms with Crippen LogP contribution in [0.2, 0.25) is 0 Å². The van der Waals surface area contributed by atoms with Gasteiger partial charge in [0.05, 0.1) is 6.10 Å². The number of rotatable bonds is 5. The molecule has 0 amide bonds. The summed E-state index contributed by atoms with van der Waals surface area (Å²) in [6.45, 7) is 2.87. The SMILES string of the molecule is CC(O)c1ccc(NCCC2CCCCC2)cc1. The molecule has 1 aromatic carbocycles. The van der Waals surface area contributed by atoms with Crippen LogP contribution in [0.15, 0.2) is 24.3 Å². The van der Waals surface area contributed by atoms with Gasteiger partial charge in [0.25, 0.3) is 0 Å². The van der Waals surface area contributed by atoms with Gasteiger partial charge < -0.3 is 10.4 Å². The van der Waals surface area contributed by atoms with Crippen LogP contribution >= 0.6 is 0 Å². The van der Waals surface area contributed by atoms with Crippen molar-refractivity contribution in [1.29, 1.82) is 0 Å². The third-order valence-corrected chi connectivity index (χ3v) is 4.00. The molecule has 2 rings (SSSR count). The van der Waals surface area contributed by atoms with Gasteiger partial charge in [-0.3, -0.25) is 0 Å². The van der Waals surface area contributed by atoms with Crippen molar-refractivity contribution in [3.8, 4) is 0 Å². The largest absolute Gasteiger partial charge is 0.389 e. The van der Waals surface area contributed by atoms with E-state index in [2.05, 4.69) is 17.4 Å². The Hall–Kier alpha value is -1.02. The summed E-state index contributed by atoms with van der Waals surface area (Å²) in [5.41, 5.74) is 2.14. The molecule has 1 aliphatic carbocycles. The number of benzene rings is 1. The first-order chi connectivity index (χ1) is 8.75. The standard InChI is InChI=1S/C16H25NO/c1-13(18)15-7-9-16(10-8-15)17-12-11-14-5-3-2-4-6-14/h7-10,13-14,17-18H,2-6,11-12H2,1H3. The Balaban J connectivity index is 1.72. The van der Waals surface area contributed by atoms with Crippen molar-refractivity contribution >= 4 is 5.69 Å². The smallest absolute Gasteiger partial charge is 0.0761 e. The Kier molecular flexibility index (Phi) is 5.06. The van der Waals surface area contributed by atoms with Crippen molar-refractivity contribution in [2.45, 2.75) is 51.6 Å². The molecule has 2 N–H and O–H groups in total. The minimum Gasteiger partial charge on any atom is -0.389 e. The van der Waals surface area contributed by atoms with Gasteiger partial charge in [-0.25, -0.2) is 0 Å². The quantitative estimate of drug-likeness (QED) is 0.820. The van der Waals surface area contributed by atoms with E-state index in [1.807, 2.05) is 12.1 Å². The number of hydrogen-bond donors (Lipinski definition) is 2. The van der Waals surface area contributed by atoms with E-state index < -0.39 is 0 Å². The van der Waals surface area contributed by atoms with Gasteiger partial charge in [-0.2, -0.15) is 0 Å². The molecule has 2 nitrogen and oxygen atoms in total. The van der Waals surface area contributed by atoms with Crippen LogP contribution in [-0.4, -0.2) is 11.7 Å². The summed E-state index contributed by atoms with van der Waals surface area (Å²) in [5, 5.41) is 12.9. The van der Waals surface area contributed by atoms with Gasteiger partial charge in [-0.15, -0.1) is 0 Å². The highest BCUT2D eigenvalue weighted by molar-refractivity contribution is 5.44. The fourth-order valence-electron chi connectivity index (χ4n) is 2.78. The molecule has 100 valence electrons.